The van der Waals surface area contributed by atoms with Gasteiger partial charge in [-0.25, -0.2) is 0 Å². The van der Waals surface area contributed by atoms with E-state index in [4.69, 9.17) is 0 Å². The van der Waals surface area contributed by atoms with Gasteiger partial charge in [-0.2, -0.15) is 0 Å². The number of nitrogens with zero attached hydrogens (tertiary/aromatic N) is 1. The first-order valence-corrected chi connectivity index (χ1v) is 7.74. The number of carbonyl (C=O) groups is 2. The molecule has 0 saturated carbocycles. The van der Waals surface area contributed by atoms with Crippen molar-refractivity contribution in [2.75, 3.05) is 14.1 Å². The first kappa shape index (κ1) is 16.2. The first-order chi connectivity index (χ1) is 8.81. The van der Waals surface area contributed by atoms with Gasteiger partial charge < -0.3 is 10.2 Å². The summed E-state index contributed by atoms with van der Waals surface area (Å²) < 4.78 is 0.900. The zero-order valence-corrected chi connectivity index (χ0v) is 14.0. The molecular weight excluding hydrogens is 328 g/mol. The second kappa shape index (κ2) is 7.05. The van der Waals surface area contributed by atoms with Gasteiger partial charge in [0.25, 0.3) is 5.91 Å². The van der Waals surface area contributed by atoms with Gasteiger partial charge in [0, 0.05) is 19.5 Å². The fourth-order valence-corrected chi connectivity index (χ4v) is 2.81. The maximum Gasteiger partial charge on any atom is 0.252 e. The lowest BCUT2D eigenvalue weighted by Gasteiger charge is -2.23. The molecule has 0 saturated heterocycles. The zero-order valence-electron chi connectivity index (χ0n) is 11.6. The summed E-state index contributed by atoms with van der Waals surface area (Å²) in [6, 6.07) is 1.29. The van der Waals surface area contributed by atoms with Gasteiger partial charge in [-0.05, 0) is 34.3 Å². The predicted octanol–water partition coefficient (Wildman–Crippen LogP) is 2.74. The third-order valence-corrected chi connectivity index (χ3v) is 4.09. The molecule has 1 rings (SSSR count). The largest absolute Gasteiger partial charge is 0.347 e. The highest BCUT2D eigenvalue weighted by molar-refractivity contribution is 9.11. The number of hydrogen-bond acceptors (Lipinski definition) is 3. The Kier molecular flexibility index (Phi) is 6.00. The Bertz CT molecular complexity index is 457. The summed E-state index contributed by atoms with van der Waals surface area (Å²) in [7, 11) is 3.39. The Morgan fingerprint density at radius 3 is 2.47 bits per heavy atom. The van der Waals surface area contributed by atoms with E-state index in [1.165, 1.54) is 16.2 Å². The lowest BCUT2D eigenvalue weighted by Crippen LogP contribution is -2.46. The Hall–Kier alpha value is -0.880. The minimum Gasteiger partial charge on any atom is -0.347 e. The molecule has 1 heterocycles. The third-order valence-electron chi connectivity index (χ3n) is 2.58. The van der Waals surface area contributed by atoms with Gasteiger partial charge in [-0.1, -0.05) is 13.8 Å². The molecule has 0 aromatic carbocycles. The molecule has 19 heavy (non-hydrogen) atoms. The van der Waals surface area contributed by atoms with E-state index in [1.807, 2.05) is 13.8 Å². The number of hydrogen-bond donors (Lipinski definition) is 1. The molecule has 0 aliphatic carbocycles. The molecule has 4 nitrogen and oxygen atoms in total. The van der Waals surface area contributed by atoms with Crippen molar-refractivity contribution in [2.45, 2.75) is 26.3 Å². The monoisotopic (exact) mass is 346 g/mol. The van der Waals surface area contributed by atoms with Crippen LogP contribution >= 0.6 is 27.3 Å². The van der Waals surface area contributed by atoms with E-state index in [0.29, 0.717) is 17.9 Å². The van der Waals surface area contributed by atoms with Crippen LogP contribution in [0.25, 0.3) is 0 Å². The average Bonchev–Trinajstić information content (AvgIpc) is 2.73. The van der Waals surface area contributed by atoms with Crippen molar-refractivity contribution in [3.63, 3.8) is 0 Å². The lowest BCUT2D eigenvalue weighted by molar-refractivity contribution is -0.131. The number of rotatable bonds is 5. The summed E-state index contributed by atoms with van der Waals surface area (Å²) >= 11 is 4.77. The van der Waals surface area contributed by atoms with E-state index < -0.39 is 6.04 Å². The van der Waals surface area contributed by atoms with Crippen LogP contribution in [0.1, 0.15) is 30.6 Å². The van der Waals surface area contributed by atoms with Crippen molar-refractivity contribution in [1.82, 2.24) is 10.2 Å². The summed E-state index contributed by atoms with van der Waals surface area (Å²) in [5.41, 5.74) is 0.581. The van der Waals surface area contributed by atoms with E-state index in [1.54, 1.807) is 25.5 Å². The Morgan fingerprint density at radius 1 is 1.42 bits per heavy atom. The first-order valence-electron chi connectivity index (χ1n) is 6.07. The van der Waals surface area contributed by atoms with Crippen molar-refractivity contribution in [3.8, 4) is 0 Å². The Balaban J connectivity index is 2.77. The van der Waals surface area contributed by atoms with Crippen molar-refractivity contribution >= 4 is 39.1 Å². The predicted molar refractivity (Wildman–Crippen MR) is 81.4 cm³/mol. The molecule has 0 aliphatic heterocycles. The maximum atomic E-state index is 12.1. The van der Waals surface area contributed by atoms with Gasteiger partial charge in [-0.15, -0.1) is 11.3 Å². The molecule has 0 spiro atoms. The topological polar surface area (TPSA) is 49.4 Å². The summed E-state index contributed by atoms with van der Waals surface area (Å²) in [5.74, 6) is 0.0579. The minimum atomic E-state index is -0.471. The average molecular weight is 347 g/mol. The van der Waals surface area contributed by atoms with E-state index in [-0.39, 0.29) is 11.8 Å². The van der Waals surface area contributed by atoms with Gasteiger partial charge in [-0.3, -0.25) is 9.59 Å². The van der Waals surface area contributed by atoms with Crippen molar-refractivity contribution in [3.05, 3.63) is 20.8 Å². The molecule has 0 fully saturated rings. The van der Waals surface area contributed by atoms with E-state index >= 15 is 0 Å². The van der Waals surface area contributed by atoms with Crippen LogP contribution in [0.5, 0.6) is 0 Å². The molecule has 2 amide bonds. The van der Waals surface area contributed by atoms with Crippen LogP contribution in [0.2, 0.25) is 0 Å². The van der Waals surface area contributed by atoms with Crippen LogP contribution in [-0.2, 0) is 4.79 Å². The standard InChI is InChI=1S/C13H19BrN2O2S/c1-8(2)5-10(13(18)16(3)4)15-12(17)9-6-11(14)19-7-9/h6-8,10H,5H2,1-4H3,(H,15,17). The molecule has 1 atom stereocenters. The fourth-order valence-electron chi connectivity index (χ4n) is 1.68. The molecule has 106 valence electrons. The summed E-state index contributed by atoms with van der Waals surface area (Å²) in [6.07, 6.45) is 0.633. The van der Waals surface area contributed by atoms with Crippen LogP contribution < -0.4 is 5.32 Å². The normalized spacial score (nSPS) is 12.3. The SMILES string of the molecule is CC(C)CC(NC(=O)c1csc(Br)c1)C(=O)N(C)C. The number of thiophene rings is 1. The van der Waals surface area contributed by atoms with Crippen molar-refractivity contribution in [1.29, 1.82) is 0 Å². The zero-order chi connectivity index (χ0) is 14.6. The van der Waals surface area contributed by atoms with Gasteiger partial charge in [0.05, 0.1) is 9.35 Å². The second-order valence-electron chi connectivity index (χ2n) is 5.03. The molecular formula is C13H19BrN2O2S. The molecule has 0 radical (unpaired) electrons. The molecule has 1 aromatic heterocycles. The van der Waals surface area contributed by atoms with Crippen LogP contribution in [0, 0.1) is 5.92 Å². The van der Waals surface area contributed by atoms with E-state index in [0.717, 1.165) is 3.79 Å². The van der Waals surface area contributed by atoms with Gasteiger partial charge in [0.15, 0.2) is 0 Å². The second-order valence-corrected chi connectivity index (χ2v) is 7.32. The number of halogens is 1. The van der Waals surface area contributed by atoms with Crippen LogP contribution in [0.15, 0.2) is 15.2 Å². The highest BCUT2D eigenvalue weighted by Crippen LogP contribution is 2.20. The molecule has 1 aromatic rings. The number of carbonyl (C=O) groups excluding carboxylic acids is 2. The van der Waals surface area contributed by atoms with Crippen LogP contribution in [-0.4, -0.2) is 36.9 Å². The quantitative estimate of drug-likeness (QED) is 0.890. The lowest BCUT2D eigenvalue weighted by atomic mass is 10.0. The number of amides is 2. The number of likely N-dealkylation sites (N-methyl/N-ethyl adjacent to an activating group) is 1. The fraction of sp³-hybridized carbons (Fsp3) is 0.538. The van der Waals surface area contributed by atoms with E-state index in [9.17, 15) is 9.59 Å². The van der Waals surface area contributed by atoms with Crippen LogP contribution in [0.3, 0.4) is 0 Å². The molecule has 1 N–H and O–H groups in total. The highest BCUT2D eigenvalue weighted by atomic mass is 79.9. The Labute approximate surface area is 126 Å². The summed E-state index contributed by atoms with van der Waals surface area (Å²) in [5, 5.41) is 4.58. The maximum absolute atomic E-state index is 12.1. The third kappa shape index (κ3) is 4.95. The van der Waals surface area contributed by atoms with Crippen LogP contribution in [0.4, 0.5) is 0 Å². The molecule has 6 heteroatoms. The van der Waals surface area contributed by atoms with Gasteiger partial charge in [0.1, 0.15) is 6.04 Å². The number of nitrogens with one attached hydrogen (secondary N) is 1. The Morgan fingerprint density at radius 2 is 2.05 bits per heavy atom. The molecule has 0 bridgehead atoms. The summed E-state index contributed by atoms with van der Waals surface area (Å²) in [4.78, 5) is 25.6. The molecule has 0 aliphatic rings. The highest BCUT2D eigenvalue weighted by Gasteiger charge is 2.24. The van der Waals surface area contributed by atoms with Gasteiger partial charge in [0.2, 0.25) is 5.91 Å². The minimum absolute atomic E-state index is 0.0728. The van der Waals surface area contributed by atoms with Gasteiger partial charge >= 0.3 is 0 Å². The smallest absolute Gasteiger partial charge is 0.252 e. The van der Waals surface area contributed by atoms with Crippen molar-refractivity contribution in [2.24, 2.45) is 5.92 Å². The van der Waals surface area contributed by atoms with Crippen molar-refractivity contribution < 1.29 is 9.59 Å². The summed E-state index contributed by atoms with van der Waals surface area (Å²) in [6.45, 7) is 4.06. The molecule has 1 unspecified atom stereocenters. The van der Waals surface area contributed by atoms with E-state index in [2.05, 4.69) is 21.2 Å².